The van der Waals surface area contributed by atoms with Crippen LogP contribution in [0, 0.1) is 5.92 Å². The van der Waals surface area contributed by atoms with Crippen molar-refractivity contribution in [1.82, 2.24) is 5.32 Å². The second kappa shape index (κ2) is 26.9. The van der Waals surface area contributed by atoms with Crippen molar-refractivity contribution in [2.24, 2.45) is 5.92 Å². The maximum absolute atomic E-state index is 5.87. The van der Waals surface area contributed by atoms with Crippen LogP contribution in [0.2, 0.25) is 0 Å². The minimum atomic E-state index is 0.768. The summed E-state index contributed by atoms with van der Waals surface area (Å²) in [4.78, 5) is 0. The van der Waals surface area contributed by atoms with Gasteiger partial charge in [-0.1, -0.05) is 85.0 Å². The molecule has 0 aliphatic rings. The minimum Gasteiger partial charge on any atom is -0.381 e. The SMILES string of the molecule is CCCCCCCCNCCCCCCOCCCCCOCC(CC)CCCC. The van der Waals surface area contributed by atoms with E-state index in [0.29, 0.717) is 0 Å². The Kier molecular flexibility index (Phi) is 26.8. The van der Waals surface area contributed by atoms with Crippen molar-refractivity contribution in [2.45, 2.75) is 130 Å². The highest BCUT2D eigenvalue weighted by Gasteiger charge is 2.05. The van der Waals surface area contributed by atoms with E-state index in [1.807, 2.05) is 0 Å². The average molecular weight is 428 g/mol. The number of hydrogen-bond acceptors (Lipinski definition) is 3. The van der Waals surface area contributed by atoms with Crippen LogP contribution in [0.25, 0.3) is 0 Å². The van der Waals surface area contributed by atoms with Gasteiger partial charge in [-0.3, -0.25) is 0 Å². The van der Waals surface area contributed by atoms with Crippen molar-refractivity contribution < 1.29 is 9.47 Å². The van der Waals surface area contributed by atoms with Gasteiger partial charge in [0.15, 0.2) is 0 Å². The highest BCUT2D eigenvalue weighted by molar-refractivity contribution is 4.56. The fraction of sp³-hybridized carbons (Fsp3) is 1.00. The van der Waals surface area contributed by atoms with Gasteiger partial charge in [-0.25, -0.2) is 0 Å². The van der Waals surface area contributed by atoms with Gasteiger partial charge in [0.2, 0.25) is 0 Å². The summed E-state index contributed by atoms with van der Waals surface area (Å²) in [7, 11) is 0. The first-order valence-electron chi connectivity index (χ1n) is 13.7. The van der Waals surface area contributed by atoms with Gasteiger partial charge in [0.25, 0.3) is 0 Å². The highest BCUT2D eigenvalue weighted by Crippen LogP contribution is 2.13. The number of rotatable bonds is 26. The van der Waals surface area contributed by atoms with Crippen LogP contribution in [0.4, 0.5) is 0 Å². The summed E-state index contributed by atoms with van der Waals surface area (Å²) in [6.07, 6.45) is 22.3. The summed E-state index contributed by atoms with van der Waals surface area (Å²) in [5.74, 6) is 0.768. The van der Waals surface area contributed by atoms with E-state index in [1.165, 1.54) is 122 Å². The van der Waals surface area contributed by atoms with Crippen molar-refractivity contribution in [3.8, 4) is 0 Å². The van der Waals surface area contributed by atoms with Gasteiger partial charge in [0.1, 0.15) is 0 Å². The van der Waals surface area contributed by atoms with Gasteiger partial charge in [-0.05, 0) is 64.0 Å². The molecule has 1 atom stereocenters. The normalized spacial score (nSPS) is 12.5. The van der Waals surface area contributed by atoms with Crippen LogP contribution in [0.1, 0.15) is 130 Å². The van der Waals surface area contributed by atoms with Crippen molar-refractivity contribution >= 4 is 0 Å². The largest absolute Gasteiger partial charge is 0.381 e. The van der Waals surface area contributed by atoms with Crippen molar-refractivity contribution in [2.75, 3.05) is 39.5 Å². The zero-order valence-electron chi connectivity index (χ0n) is 21.2. The van der Waals surface area contributed by atoms with Gasteiger partial charge in [-0.2, -0.15) is 0 Å². The summed E-state index contributed by atoms with van der Waals surface area (Å²) < 4.78 is 11.7. The molecule has 0 aliphatic heterocycles. The van der Waals surface area contributed by atoms with Crippen LogP contribution in [0.3, 0.4) is 0 Å². The highest BCUT2D eigenvalue weighted by atomic mass is 16.5. The molecule has 1 N–H and O–H groups in total. The van der Waals surface area contributed by atoms with Gasteiger partial charge < -0.3 is 14.8 Å². The topological polar surface area (TPSA) is 30.5 Å². The molecule has 1 unspecified atom stereocenters. The Balaban J connectivity index is 3.09. The Bertz CT molecular complexity index is 299. The quantitative estimate of drug-likeness (QED) is 0.142. The lowest BCUT2D eigenvalue weighted by Gasteiger charge is -2.14. The summed E-state index contributed by atoms with van der Waals surface area (Å²) in [5, 5.41) is 3.59. The van der Waals surface area contributed by atoms with E-state index in [9.17, 15) is 0 Å². The molecule has 0 heterocycles. The maximum atomic E-state index is 5.87. The molecule has 0 saturated heterocycles. The van der Waals surface area contributed by atoms with E-state index in [0.717, 1.165) is 32.3 Å². The average Bonchev–Trinajstić information content (AvgIpc) is 2.76. The molecule has 0 aromatic carbocycles. The summed E-state index contributed by atoms with van der Waals surface area (Å²) in [6.45, 7) is 13.0. The lowest BCUT2D eigenvalue weighted by molar-refractivity contribution is 0.0866. The Morgan fingerprint density at radius 1 is 0.533 bits per heavy atom. The Labute approximate surface area is 190 Å². The van der Waals surface area contributed by atoms with Crippen LogP contribution in [-0.2, 0) is 9.47 Å². The molecule has 30 heavy (non-hydrogen) atoms. The molecule has 0 spiro atoms. The second-order valence-corrected chi connectivity index (χ2v) is 9.10. The minimum absolute atomic E-state index is 0.768. The number of unbranched alkanes of at least 4 members (excludes halogenated alkanes) is 11. The van der Waals surface area contributed by atoms with E-state index in [2.05, 4.69) is 26.1 Å². The predicted molar refractivity (Wildman–Crippen MR) is 134 cm³/mol. The third kappa shape index (κ3) is 24.2. The number of nitrogens with one attached hydrogen (secondary N) is 1. The maximum Gasteiger partial charge on any atom is 0.0494 e. The summed E-state index contributed by atoms with van der Waals surface area (Å²) in [5.41, 5.74) is 0. The van der Waals surface area contributed by atoms with Crippen molar-refractivity contribution in [3.05, 3.63) is 0 Å². The Morgan fingerprint density at radius 2 is 1.03 bits per heavy atom. The van der Waals surface area contributed by atoms with E-state index in [1.54, 1.807) is 0 Å². The third-order valence-corrected chi connectivity index (χ3v) is 6.07. The van der Waals surface area contributed by atoms with Gasteiger partial charge >= 0.3 is 0 Å². The van der Waals surface area contributed by atoms with E-state index in [4.69, 9.17) is 9.47 Å². The van der Waals surface area contributed by atoms with Crippen LogP contribution in [-0.4, -0.2) is 39.5 Å². The molecular weight excluding hydrogens is 370 g/mol. The first-order chi connectivity index (χ1) is 14.8. The third-order valence-electron chi connectivity index (χ3n) is 6.07. The van der Waals surface area contributed by atoms with Gasteiger partial charge in [0.05, 0.1) is 0 Å². The molecule has 3 nitrogen and oxygen atoms in total. The summed E-state index contributed by atoms with van der Waals surface area (Å²) in [6, 6.07) is 0. The first-order valence-corrected chi connectivity index (χ1v) is 13.7. The molecule has 0 radical (unpaired) electrons. The van der Waals surface area contributed by atoms with Gasteiger partial charge in [-0.15, -0.1) is 0 Å². The zero-order valence-corrected chi connectivity index (χ0v) is 21.2. The Morgan fingerprint density at radius 3 is 1.63 bits per heavy atom. The van der Waals surface area contributed by atoms with Gasteiger partial charge in [0, 0.05) is 26.4 Å². The van der Waals surface area contributed by atoms with E-state index in [-0.39, 0.29) is 0 Å². The summed E-state index contributed by atoms with van der Waals surface area (Å²) >= 11 is 0. The Hall–Kier alpha value is -0.120. The molecule has 0 bridgehead atoms. The first kappa shape index (κ1) is 29.9. The molecule has 0 aliphatic carbocycles. The van der Waals surface area contributed by atoms with Crippen molar-refractivity contribution in [1.29, 1.82) is 0 Å². The molecule has 0 rings (SSSR count). The molecule has 182 valence electrons. The fourth-order valence-corrected chi connectivity index (χ4v) is 3.80. The molecule has 0 fully saturated rings. The molecular formula is C27H57NO2. The monoisotopic (exact) mass is 427 g/mol. The smallest absolute Gasteiger partial charge is 0.0494 e. The van der Waals surface area contributed by atoms with Crippen molar-refractivity contribution in [3.63, 3.8) is 0 Å². The van der Waals surface area contributed by atoms with E-state index >= 15 is 0 Å². The molecule has 0 amide bonds. The van der Waals surface area contributed by atoms with E-state index < -0.39 is 0 Å². The number of ether oxygens (including phenoxy) is 2. The lowest BCUT2D eigenvalue weighted by atomic mass is 10.0. The molecule has 0 aromatic rings. The van der Waals surface area contributed by atoms with Crippen LogP contribution < -0.4 is 5.32 Å². The lowest BCUT2D eigenvalue weighted by Crippen LogP contribution is -2.16. The number of hydrogen-bond donors (Lipinski definition) is 1. The van der Waals surface area contributed by atoms with Crippen LogP contribution >= 0.6 is 0 Å². The zero-order chi connectivity index (χ0) is 22.0. The predicted octanol–water partition coefficient (Wildman–Crippen LogP) is 7.92. The second-order valence-electron chi connectivity index (χ2n) is 9.10. The molecule has 0 saturated carbocycles. The molecule has 0 aromatic heterocycles. The standard InChI is InChI=1S/C27H57NO2/c1-4-7-9-10-11-15-21-28-22-16-12-13-17-23-29-24-18-14-19-25-30-26-27(6-3)20-8-5-2/h27-28H,4-26H2,1-3H3. The van der Waals surface area contributed by atoms with Crippen LogP contribution in [0.5, 0.6) is 0 Å². The van der Waals surface area contributed by atoms with Crippen LogP contribution in [0.15, 0.2) is 0 Å². The molecule has 3 heteroatoms. The fourth-order valence-electron chi connectivity index (χ4n) is 3.80.